The molecule has 0 N–H and O–H groups in total. The van der Waals surface area contributed by atoms with Gasteiger partial charge in [-0.05, 0) is 34.3 Å². The highest BCUT2D eigenvalue weighted by molar-refractivity contribution is 9.10. The van der Waals surface area contributed by atoms with Gasteiger partial charge in [0.1, 0.15) is 6.61 Å². The van der Waals surface area contributed by atoms with E-state index in [9.17, 15) is 4.79 Å². The number of methoxy groups -OCH3 is 1. The molecule has 0 aromatic carbocycles. The third-order valence-corrected chi connectivity index (χ3v) is 3.65. The molecule has 84 valence electrons. The molecule has 0 saturated carbocycles. The van der Waals surface area contributed by atoms with Crippen molar-refractivity contribution >= 4 is 33.0 Å². The first-order valence-electron chi connectivity index (χ1n) is 4.52. The van der Waals surface area contributed by atoms with E-state index < -0.39 is 0 Å². The molecule has 0 fully saturated rings. The van der Waals surface area contributed by atoms with Crippen molar-refractivity contribution in [2.24, 2.45) is 0 Å². The van der Waals surface area contributed by atoms with Gasteiger partial charge in [0.05, 0.1) is 17.6 Å². The van der Waals surface area contributed by atoms with Gasteiger partial charge in [-0.15, -0.1) is 11.3 Å². The van der Waals surface area contributed by atoms with E-state index >= 15 is 0 Å². The fourth-order valence-corrected chi connectivity index (χ4v) is 2.58. The van der Waals surface area contributed by atoms with Crippen molar-refractivity contribution in [3.8, 4) is 0 Å². The number of ketones is 1. The zero-order valence-electron chi connectivity index (χ0n) is 8.66. The zero-order chi connectivity index (χ0) is 11.3. The third-order valence-electron chi connectivity index (χ3n) is 1.77. The quantitative estimate of drug-likeness (QED) is 0.757. The number of carbonyl (C=O) groups is 1. The minimum Gasteiger partial charge on any atom is -0.382 e. The SMILES string of the molecule is COCC(C)OCC(=O)c1sccc1Br. The zero-order valence-corrected chi connectivity index (χ0v) is 11.1. The normalized spacial score (nSPS) is 12.7. The number of Topliss-reactive ketones (excluding diaryl/α,β-unsaturated/α-hetero) is 1. The first-order chi connectivity index (χ1) is 7.15. The molecular weight excluding hydrogens is 280 g/mol. The fraction of sp³-hybridized carbons (Fsp3) is 0.500. The van der Waals surface area contributed by atoms with Gasteiger partial charge in [0.15, 0.2) is 5.78 Å². The number of hydrogen-bond acceptors (Lipinski definition) is 4. The Hall–Kier alpha value is -0.230. The van der Waals surface area contributed by atoms with Gasteiger partial charge in [0.25, 0.3) is 0 Å². The molecule has 5 heteroatoms. The van der Waals surface area contributed by atoms with E-state index in [2.05, 4.69) is 15.9 Å². The summed E-state index contributed by atoms with van der Waals surface area (Å²) in [6, 6.07) is 1.86. The highest BCUT2D eigenvalue weighted by Gasteiger charge is 2.13. The average Bonchev–Trinajstić information content (AvgIpc) is 2.61. The van der Waals surface area contributed by atoms with Crippen LogP contribution in [0.4, 0.5) is 0 Å². The summed E-state index contributed by atoms with van der Waals surface area (Å²) in [5.41, 5.74) is 0. The van der Waals surface area contributed by atoms with Crippen LogP contribution in [0.5, 0.6) is 0 Å². The molecule has 0 amide bonds. The number of rotatable bonds is 6. The van der Waals surface area contributed by atoms with Crippen LogP contribution in [0.15, 0.2) is 15.9 Å². The van der Waals surface area contributed by atoms with Crippen LogP contribution >= 0.6 is 27.3 Å². The Bertz CT molecular complexity index is 324. The molecule has 0 spiro atoms. The van der Waals surface area contributed by atoms with E-state index in [0.29, 0.717) is 11.5 Å². The summed E-state index contributed by atoms with van der Waals surface area (Å²) in [7, 11) is 1.61. The summed E-state index contributed by atoms with van der Waals surface area (Å²) < 4.78 is 11.1. The maximum absolute atomic E-state index is 11.6. The molecular formula is C10H13BrO3S. The van der Waals surface area contributed by atoms with Gasteiger partial charge in [-0.2, -0.15) is 0 Å². The first-order valence-corrected chi connectivity index (χ1v) is 6.19. The largest absolute Gasteiger partial charge is 0.382 e. The fourth-order valence-electron chi connectivity index (χ4n) is 1.06. The molecule has 0 bridgehead atoms. The molecule has 0 radical (unpaired) electrons. The summed E-state index contributed by atoms with van der Waals surface area (Å²) in [5, 5.41) is 1.87. The van der Waals surface area contributed by atoms with Crippen LogP contribution in [-0.4, -0.2) is 32.2 Å². The molecule has 1 aromatic heterocycles. The molecule has 1 rings (SSSR count). The van der Waals surface area contributed by atoms with Gasteiger partial charge >= 0.3 is 0 Å². The Labute approximate surface area is 102 Å². The predicted octanol–water partition coefficient (Wildman–Crippen LogP) is 2.74. The minimum absolute atomic E-state index is 0.000159. The first kappa shape index (κ1) is 12.8. The summed E-state index contributed by atoms with van der Waals surface area (Å²) in [6.07, 6.45) is -0.0577. The Morgan fingerprint density at radius 1 is 1.67 bits per heavy atom. The lowest BCUT2D eigenvalue weighted by atomic mass is 10.3. The van der Waals surface area contributed by atoms with E-state index in [0.717, 1.165) is 4.47 Å². The van der Waals surface area contributed by atoms with Gasteiger partial charge < -0.3 is 9.47 Å². The Morgan fingerprint density at radius 2 is 2.40 bits per heavy atom. The van der Waals surface area contributed by atoms with Crippen molar-refractivity contribution in [3.05, 3.63) is 20.8 Å². The second-order valence-electron chi connectivity index (χ2n) is 3.10. The van der Waals surface area contributed by atoms with Crippen molar-refractivity contribution in [1.82, 2.24) is 0 Å². The second kappa shape index (κ2) is 6.37. The van der Waals surface area contributed by atoms with Crippen molar-refractivity contribution in [2.75, 3.05) is 20.3 Å². The van der Waals surface area contributed by atoms with Crippen molar-refractivity contribution in [3.63, 3.8) is 0 Å². The summed E-state index contributed by atoms with van der Waals surface area (Å²) >= 11 is 4.73. The molecule has 0 saturated heterocycles. The van der Waals surface area contributed by atoms with Crippen LogP contribution in [0.2, 0.25) is 0 Å². The third kappa shape index (κ3) is 4.03. The Balaban J connectivity index is 2.40. The molecule has 1 atom stereocenters. The summed E-state index contributed by atoms with van der Waals surface area (Å²) in [6.45, 7) is 2.47. The molecule has 1 heterocycles. The van der Waals surface area contributed by atoms with Crippen LogP contribution in [0, 0.1) is 0 Å². The lowest BCUT2D eigenvalue weighted by Gasteiger charge is -2.10. The average molecular weight is 293 g/mol. The second-order valence-corrected chi connectivity index (χ2v) is 4.87. The monoisotopic (exact) mass is 292 g/mol. The Kier molecular flexibility index (Phi) is 5.45. The summed E-state index contributed by atoms with van der Waals surface area (Å²) in [5.74, 6) is -0.000159. The molecule has 0 aliphatic heterocycles. The molecule has 1 aromatic rings. The number of hydrogen-bond donors (Lipinski definition) is 0. The topological polar surface area (TPSA) is 35.5 Å². The van der Waals surface area contributed by atoms with Gasteiger partial charge in [-0.25, -0.2) is 0 Å². The van der Waals surface area contributed by atoms with E-state index in [1.54, 1.807) is 7.11 Å². The number of halogens is 1. The maximum Gasteiger partial charge on any atom is 0.199 e. The van der Waals surface area contributed by atoms with E-state index in [4.69, 9.17) is 9.47 Å². The number of carbonyl (C=O) groups excluding carboxylic acids is 1. The van der Waals surface area contributed by atoms with Crippen LogP contribution in [0.1, 0.15) is 16.6 Å². The van der Waals surface area contributed by atoms with Gasteiger partial charge in [-0.1, -0.05) is 0 Å². The number of thiophene rings is 1. The van der Waals surface area contributed by atoms with Gasteiger partial charge in [-0.3, -0.25) is 4.79 Å². The lowest BCUT2D eigenvalue weighted by molar-refractivity contribution is 0.0127. The molecule has 15 heavy (non-hydrogen) atoms. The number of ether oxygens (including phenoxy) is 2. The van der Waals surface area contributed by atoms with Crippen LogP contribution < -0.4 is 0 Å². The lowest BCUT2D eigenvalue weighted by Crippen LogP contribution is -2.19. The van der Waals surface area contributed by atoms with Gasteiger partial charge in [0, 0.05) is 11.6 Å². The van der Waals surface area contributed by atoms with E-state index in [-0.39, 0.29) is 18.5 Å². The summed E-state index contributed by atoms with van der Waals surface area (Å²) in [4.78, 5) is 12.4. The van der Waals surface area contributed by atoms with E-state index in [1.165, 1.54) is 11.3 Å². The highest BCUT2D eigenvalue weighted by Crippen LogP contribution is 2.23. The molecule has 3 nitrogen and oxygen atoms in total. The van der Waals surface area contributed by atoms with Crippen LogP contribution in [0.25, 0.3) is 0 Å². The maximum atomic E-state index is 11.6. The van der Waals surface area contributed by atoms with E-state index in [1.807, 2.05) is 18.4 Å². The van der Waals surface area contributed by atoms with Crippen molar-refractivity contribution < 1.29 is 14.3 Å². The van der Waals surface area contributed by atoms with Crippen LogP contribution in [0.3, 0.4) is 0 Å². The molecule has 0 aliphatic rings. The predicted molar refractivity (Wildman–Crippen MR) is 63.6 cm³/mol. The highest BCUT2D eigenvalue weighted by atomic mass is 79.9. The van der Waals surface area contributed by atoms with Crippen molar-refractivity contribution in [1.29, 1.82) is 0 Å². The molecule has 0 aliphatic carbocycles. The van der Waals surface area contributed by atoms with Gasteiger partial charge in [0.2, 0.25) is 0 Å². The molecule has 1 unspecified atom stereocenters. The smallest absolute Gasteiger partial charge is 0.199 e. The Morgan fingerprint density at radius 3 is 2.93 bits per heavy atom. The van der Waals surface area contributed by atoms with Crippen molar-refractivity contribution in [2.45, 2.75) is 13.0 Å². The standard InChI is InChI=1S/C10H13BrO3S/c1-7(5-13-2)14-6-9(12)10-8(11)3-4-15-10/h3-4,7H,5-6H2,1-2H3. The van der Waals surface area contributed by atoms with Crippen LogP contribution in [-0.2, 0) is 9.47 Å². The minimum atomic E-state index is -0.0577.